The fourth-order valence-corrected chi connectivity index (χ4v) is 2.65. The van der Waals surface area contributed by atoms with Crippen molar-refractivity contribution in [3.63, 3.8) is 0 Å². The van der Waals surface area contributed by atoms with Gasteiger partial charge in [-0.25, -0.2) is 4.39 Å². The van der Waals surface area contributed by atoms with Gasteiger partial charge in [-0.2, -0.15) is 0 Å². The van der Waals surface area contributed by atoms with Gasteiger partial charge in [0, 0.05) is 30.0 Å². The first kappa shape index (κ1) is 13.4. The van der Waals surface area contributed by atoms with E-state index >= 15 is 0 Å². The summed E-state index contributed by atoms with van der Waals surface area (Å²) in [6.07, 6.45) is 4.09. The third-order valence-corrected chi connectivity index (χ3v) is 3.58. The molecule has 1 aromatic carbocycles. The van der Waals surface area contributed by atoms with Gasteiger partial charge in [0.15, 0.2) is 0 Å². The van der Waals surface area contributed by atoms with Gasteiger partial charge in [0.05, 0.1) is 10.7 Å². The second-order valence-electron chi connectivity index (χ2n) is 3.95. The van der Waals surface area contributed by atoms with Crippen LogP contribution >= 0.6 is 27.5 Å². The Labute approximate surface area is 119 Å². The molecule has 2 nitrogen and oxygen atoms in total. The van der Waals surface area contributed by atoms with Crippen LogP contribution in [-0.2, 0) is 13.1 Å². The van der Waals surface area contributed by atoms with Crippen molar-refractivity contribution < 1.29 is 4.39 Å². The van der Waals surface area contributed by atoms with Crippen LogP contribution in [0.5, 0.6) is 0 Å². The number of halogens is 3. The first-order chi connectivity index (χ1) is 8.60. The number of hydrogen-bond donors (Lipinski definition) is 1. The minimum absolute atomic E-state index is 0.352. The molecule has 2 rings (SSSR count). The van der Waals surface area contributed by atoms with Gasteiger partial charge in [-0.3, -0.25) is 0 Å². The molecule has 0 unspecified atom stereocenters. The average molecular weight is 332 g/mol. The van der Waals surface area contributed by atoms with Gasteiger partial charge in [0.25, 0.3) is 0 Å². The van der Waals surface area contributed by atoms with Gasteiger partial charge in [-0.1, -0.05) is 11.6 Å². The minimum Gasteiger partial charge on any atom is -0.379 e. The van der Waals surface area contributed by atoms with E-state index in [-0.39, 0.29) is 5.82 Å². The Morgan fingerprint density at radius 2 is 2.22 bits per heavy atom. The predicted molar refractivity (Wildman–Crippen MR) is 76.5 cm³/mol. The van der Waals surface area contributed by atoms with E-state index in [0.29, 0.717) is 21.7 Å². The summed E-state index contributed by atoms with van der Waals surface area (Å²) in [5.41, 5.74) is 1.87. The average Bonchev–Trinajstić information content (AvgIpc) is 2.75. The van der Waals surface area contributed by atoms with Gasteiger partial charge in [-0.15, -0.1) is 0 Å². The molecule has 0 amide bonds. The van der Waals surface area contributed by atoms with Gasteiger partial charge >= 0.3 is 0 Å². The highest BCUT2D eigenvalue weighted by Crippen LogP contribution is 2.32. The molecule has 96 valence electrons. The second kappa shape index (κ2) is 5.76. The Morgan fingerprint density at radius 3 is 2.83 bits per heavy atom. The first-order valence-corrected chi connectivity index (χ1v) is 6.80. The summed E-state index contributed by atoms with van der Waals surface area (Å²) in [5.74, 6) is -0.352. The number of nitrogens with zero attached hydrogens (tertiary/aromatic N) is 1. The van der Waals surface area contributed by atoms with Gasteiger partial charge in [0.2, 0.25) is 0 Å². The van der Waals surface area contributed by atoms with E-state index in [4.69, 9.17) is 11.6 Å². The summed E-state index contributed by atoms with van der Waals surface area (Å²) in [6.45, 7) is 3.68. The van der Waals surface area contributed by atoms with Gasteiger partial charge in [0.1, 0.15) is 5.82 Å². The van der Waals surface area contributed by atoms with Crippen LogP contribution in [0, 0.1) is 5.82 Å². The highest BCUT2D eigenvalue weighted by Gasteiger charge is 2.08. The number of rotatable bonds is 4. The number of hydrogen-bond acceptors (Lipinski definition) is 1. The monoisotopic (exact) mass is 330 g/mol. The molecule has 5 heteroatoms. The molecule has 0 aliphatic rings. The lowest BCUT2D eigenvalue weighted by Crippen LogP contribution is -2.00. The summed E-state index contributed by atoms with van der Waals surface area (Å²) < 4.78 is 15.8. The first-order valence-electron chi connectivity index (χ1n) is 5.63. The SMILES string of the molecule is CCn1ccc(CNc2c(Cl)cc(F)cc2Br)c1. The van der Waals surface area contributed by atoms with E-state index in [2.05, 4.69) is 38.9 Å². The molecular formula is C13H13BrClFN2. The molecule has 18 heavy (non-hydrogen) atoms. The van der Waals surface area contributed by atoms with E-state index in [0.717, 1.165) is 12.1 Å². The van der Waals surface area contributed by atoms with Crippen LogP contribution in [-0.4, -0.2) is 4.57 Å². The van der Waals surface area contributed by atoms with Crippen molar-refractivity contribution in [2.24, 2.45) is 0 Å². The maximum Gasteiger partial charge on any atom is 0.125 e. The topological polar surface area (TPSA) is 17.0 Å². The van der Waals surface area contributed by atoms with Crippen molar-refractivity contribution in [2.45, 2.75) is 20.0 Å². The smallest absolute Gasteiger partial charge is 0.125 e. The van der Waals surface area contributed by atoms with Crippen molar-refractivity contribution in [3.8, 4) is 0 Å². The number of anilines is 1. The zero-order valence-electron chi connectivity index (χ0n) is 9.88. The summed E-state index contributed by atoms with van der Waals surface area (Å²) in [6, 6.07) is 4.74. The van der Waals surface area contributed by atoms with Crippen LogP contribution in [0.3, 0.4) is 0 Å². The van der Waals surface area contributed by atoms with Crippen molar-refractivity contribution in [2.75, 3.05) is 5.32 Å². The largest absolute Gasteiger partial charge is 0.379 e. The third kappa shape index (κ3) is 3.06. The van der Waals surface area contributed by atoms with E-state index < -0.39 is 0 Å². The molecule has 1 aromatic heterocycles. The lowest BCUT2D eigenvalue weighted by Gasteiger charge is -2.10. The third-order valence-electron chi connectivity index (χ3n) is 2.65. The van der Waals surface area contributed by atoms with E-state index in [1.165, 1.54) is 12.1 Å². The van der Waals surface area contributed by atoms with Gasteiger partial charge in [-0.05, 0) is 46.6 Å². The molecule has 0 radical (unpaired) electrons. The molecule has 2 aromatic rings. The number of benzene rings is 1. The van der Waals surface area contributed by atoms with E-state index in [1.54, 1.807) is 0 Å². The maximum absolute atomic E-state index is 13.1. The summed E-state index contributed by atoms with van der Waals surface area (Å²) >= 11 is 9.29. The fourth-order valence-electron chi connectivity index (χ4n) is 1.69. The molecule has 1 N–H and O–H groups in total. The second-order valence-corrected chi connectivity index (χ2v) is 5.21. The Kier molecular flexibility index (Phi) is 4.30. The van der Waals surface area contributed by atoms with E-state index in [9.17, 15) is 4.39 Å². The minimum atomic E-state index is -0.352. The van der Waals surface area contributed by atoms with Crippen LogP contribution in [0.2, 0.25) is 5.02 Å². The van der Waals surface area contributed by atoms with Crippen molar-refractivity contribution in [3.05, 3.63) is 51.5 Å². The molecule has 0 aliphatic heterocycles. The van der Waals surface area contributed by atoms with E-state index in [1.807, 2.05) is 12.3 Å². The number of aromatic nitrogens is 1. The van der Waals surface area contributed by atoms with Gasteiger partial charge < -0.3 is 9.88 Å². The van der Waals surface area contributed by atoms with Crippen LogP contribution < -0.4 is 5.32 Å². The lowest BCUT2D eigenvalue weighted by atomic mass is 10.3. The Bertz CT molecular complexity index is 531. The highest BCUT2D eigenvalue weighted by atomic mass is 79.9. The zero-order valence-corrected chi connectivity index (χ0v) is 12.2. The van der Waals surface area contributed by atoms with Crippen molar-refractivity contribution >= 4 is 33.2 Å². The van der Waals surface area contributed by atoms with Crippen LogP contribution in [0.25, 0.3) is 0 Å². The van der Waals surface area contributed by atoms with Crippen molar-refractivity contribution in [1.82, 2.24) is 4.57 Å². The van der Waals surface area contributed by atoms with Crippen LogP contribution in [0.15, 0.2) is 35.1 Å². The number of aryl methyl sites for hydroxylation is 1. The fraction of sp³-hybridized carbons (Fsp3) is 0.231. The molecule has 0 saturated carbocycles. The standard InChI is InChI=1S/C13H13BrClFN2/c1-2-18-4-3-9(8-18)7-17-13-11(14)5-10(16)6-12(13)15/h3-6,8,17H,2,7H2,1H3. The van der Waals surface area contributed by atoms with Crippen LogP contribution in [0.4, 0.5) is 10.1 Å². The molecular weight excluding hydrogens is 319 g/mol. The normalized spacial score (nSPS) is 10.7. The quantitative estimate of drug-likeness (QED) is 0.861. The highest BCUT2D eigenvalue weighted by molar-refractivity contribution is 9.10. The van der Waals surface area contributed by atoms with Crippen LogP contribution in [0.1, 0.15) is 12.5 Å². The Morgan fingerprint density at radius 1 is 1.44 bits per heavy atom. The molecule has 0 aliphatic carbocycles. The molecule has 0 bridgehead atoms. The lowest BCUT2D eigenvalue weighted by molar-refractivity contribution is 0.627. The Hall–Kier alpha value is -1.00. The molecule has 0 spiro atoms. The Balaban J connectivity index is 2.10. The molecule has 1 heterocycles. The molecule has 0 saturated heterocycles. The van der Waals surface area contributed by atoms with Crippen molar-refractivity contribution in [1.29, 1.82) is 0 Å². The molecule has 0 atom stereocenters. The number of nitrogens with one attached hydrogen (secondary N) is 1. The molecule has 0 fully saturated rings. The predicted octanol–water partition coefficient (Wildman–Crippen LogP) is 4.68. The summed E-state index contributed by atoms with van der Waals surface area (Å²) in [4.78, 5) is 0. The zero-order chi connectivity index (χ0) is 13.1. The maximum atomic E-state index is 13.1. The summed E-state index contributed by atoms with van der Waals surface area (Å²) in [5, 5.41) is 3.58. The summed E-state index contributed by atoms with van der Waals surface area (Å²) in [7, 11) is 0.